The van der Waals surface area contributed by atoms with E-state index in [0.717, 1.165) is 5.56 Å². The molecule has 0 bridgehead atoms. The summed E-state index contributed by atoms with van der Waals surface area (Å²) < 4.78 is 1.48. The highest BCUT2D eigenvalue weighted by molar-refractivity contribution is 7.12. The average Bonchev–Trinajstić information content (AvgIpc) is 3.26. The average molecular weight is 337 g/mol. The van der Waals surface area contributed by atoms with Gasteiger partial charge in [-0.15, -0.1) is 22.9 Å². The highest BCUT2D eigenvalue weighted by Crippen LogP contribution is 2.22. The first-order valence-corrected chi connectivity index (χ1v) is 8.16. The number of aryl methyl sites for hydroxylation is 1. The van der Waals surface area contributed by atoms with E-state index in [1.54, 1.807) is 4.90 Å². The molecule has 0 spiro atoms. The summed E-state index contributed by atoms with van der Waals surface area (Å²) in [5.41, 5.74) is 2.86. The molecule has 0 saturated heterocycles. The van der Waals surface area contributed by atoms with Gasteiger partial charge in [-0.1, -0.05) is 35.7 Å². The molecule has 2 aromatic heterocycles. The highest BCUT2D eigenvalue weighted by Gasteiger charge is 2.21. The number of tetrazole rings is 1. The van der Waals surface area contributed by atoms with Crippen molar-refractivity contribution in [3.63, 3.8) is 0 Å². The molecule has 6 nitrogen and oxygen atoms in total. The first-order chi connectivity index (χ1) is 11.7. The second-order valence-electron chi connectivity index (χ2n) is 5.24. The Morgan fingerprint density at radius 2 is 2.12 bits per heavy atom. The van der Waals surface area contributed by atoms with Crippen LogP contribution in [-0.4, -0.2) is 37.6 Å². The van der Waals surface area contributed by atoms with E-state index in [1.165, 1.54) is 27.9 Å². The molecule has 0 radical (unpaired) electrons. The predicted molar refractivity (Wildman–Crippen MR) is 91.8 cm³/mol. The maximum atomic E-state index is 12.9. The Morgan fingerprint density at radius 1 is 1.33 bits per heavy atom. The summed E-state index contributed by atoms with van der Waals surface area (Å²) in [5.74, 6) is 2.43. The van der Waals surface area contributed by atoms with Gasteiger partial charge < -0.3 is 4.90 Å². The summed E-state index contributed by atoms with van der Waals surface area (Å²) in [4.78, 5) is 15.1. The number of rotatable bonds is 5. The zero-order valence-electron chi connectivity index (χ0n) is 13.1. The van der Waals surface area contributed by atoms with Crippen molar-refractivity contribution in [3.05, 3.63) is 58.0 Å². The van der Waals surface area contributed by atoms with Crippen molar-refractivity contribution >= 4 is 17.2 Å². The largest absolute Gasteiger partial charge is 0.322 e. The number of carbonyl (C=O) groups is 1. The van der Waals surface area contributed by atoms with E-state index in [1.807, 2.05) is 42.6 Å². The molecular formula is C17H15N5OS. The van der Waals surface area contributed by atoms with Crippen LogP contribution in [0.2, 0.25) is 0 Å². The van der Waals surface area contributed by atoms with Crippen LogP contribution in [-0.2, 0) is 6.54 Å². The molecule has 0 aliphatic heterocycles. The molecule has 0 atom stereocenters. The molecule has 0 fully saturated rings. The Kier molecular flexibility index (Phi) is 4.68. The highest BCUT2D eigenvalue weighted by atomic mass is 32.1. The molecular weight excluding hydrogens is 322 g/mol. The van der Waals surface area contributed by atoms with Crippen molar-refractivity contribution in [2.75, 3.05) is 6.54 Å². The smallest absolute Gasteiger partial charge is 0.267 e. The van der Waals surface area contributed by atoms with Crippen molar-refractivity contribution in [2.24, 2.45) is 0 Å². The Labute approximate surface area is 143 Å². The molecule has 1 amide bonds. The number of carbonyl (C=O) groups excluding carboxylic acids is 1. The first kappa shape index (κ1) is 15.9. The summed E-state index contributed by atoms with van der Waals surface area (Å²) in [6.45, 7) is 2.72. The number of hydrogen-bond donors (Lipinski definition) is 0. The van der Waals surface area contributed by atoms with E-state index in [-0.39, 0.29) is 12.5 Å². The van der Waals surface area contributed by atoms with Crippen molar-refractivity contribution in [1.82, 2.24) is 25.1 Å². The number of benzene rings is 1. The van der Waals surface area contributed by atoms with E-state index in [0.29, 0.717) is 17.1 Å². The van der Waals surface area contributed by atoms with Gasteiger partial charge in [-0.25, -0.2) is 0 Å². The van der Waals surface area contributed by atoms with Crippen LogP contribution in [0, 0.1) is 19.3 Å². The van der Waals surface area contributed by atoms with Crippen LogP contribution >= 0.6 is 11.3 Å². The van der Waals surface area contributed by atoms with Crippen LogP contribution in [0.25, 0.3) is 5.69 Å². The standard InChI is InChI=1S/C17H15N5OS/c1-3-9-21(11-14-6-4-13(2)5-7-14)17(23)16-15(8-10-24-16)22-12-18-19-20-22/h1,4-8,10,12H,9,11H2,2H3. The fraction of sp³-hybridized carbons (Fsp3) is 0.176. The molecule has 0 unspecified atom stereocenters. The molecule has 0 saturated carbocycles. The van der Waals surface area contributed by atoms with Gasteiger partial charge in [-0.3, -0.25) is 4.79 Å². The van der Waals surface area contributed by atoms with Crippen molar-refractivity contribution < 1.29 is 4.79 Å². The lowest BCUT2D eigenvalue weighted by Gasteiger charge is -2.20. The molecule has 7 heteroatoms. The second kappa shape index (κ2) is 7.06. The summed E-state index contributed by atoms with van der Waals surface area (Å²) in [5, 5.41) is 12.9. The number of hydrogen-bond acceptors (Lipinski definition) is 5. The van der Waals surface area contributed by atoms with Crippen molar-refractivity contribution in [3.8, 4) is 18.0 Å². The van der Waals surface area contributed by atoms with Crippen LogP contribution in [0.1, 0.15) is 20.8 Å². The Morgan fingerprint density at radius 3 is 2.79 bits per heavy atom. The molecule has 0 aliphatic carbocycles. The van der Waals surface area contributed by atoms with E-state index >= 15 is 0 Å². The number of amides is 1. The van der Waals surface area contributed by atoms with Crippen LogP contribution in [0.4, 0.5) is 0 Å². The van der Waals surface area contributed by atoms with Crippen LogP contribution in [0.3, 0.4) is 0 Å². The lowest BCUT2D eigenvalue weighted by molar-refractivity contribution is 0.0770. The summed E-state index contributed by atoms with van der Waals surface area (Å²) in [6, 6.07) is 9.86. The molecule has 24 heavy (non-hydrogen) atoms. The van der Waals surface area contributed by atoms with E-state index < -0.39 is 0 Å². The van der Waals surface area contributed by atoms with Gasteiger partial charge in [0.15, 0.2) is 0 Å². The Balaban J connectivity index is 1.87. The van der Waals surface area contributed by atoms with Gasteiger partial charge in [0.25, 0.3) is 5.91 Å². The van der Waals surface area contributed by atoms with E-state index in [4.69, 9.17) is 6.42 Å². The van der Waals surface area contributed by atoms with Gasteiger partial charge in [-0.05, 0) is 34.4 Å². The summed E-state index contributed by atoms with van der Waals surface area (Å²) in [7, 11) is 0. The maximum Gasteiger partial charge on any atom is 0.267 e. The van der Waals surface area contributed by atoms with E-state index in [9.17, 15) is 4.79 Å². The molecule has 3 rings (SSSR count). The molecule has 1 aromatic carbocycles. The third-order valence-electron chi connectivity index (χ3n) is 3.50. The lowest BCUT2D eigenvalue weighted by atomic mass is 10.1. The first-order valence-electron chi connectivity index (χ1n) is 7.28. The fourth-order valence-electron chi connectivity index (χ4n) is 2.28. The number of terminal acetylenes is 1. The number of aromatic nitrogens is 4. The van der Waals surface area contributed by atoms with Crippen LogP contribution < -0.4 is 0 Å². The molecule has 3 aromatic rings. The Hall–Kier alpha value is -2.98. The molecule has 120 valence electrons. The predicted octanol–water partition coefficient (Wildman–Crippen LogP) is 2.31. The molecule has 0 aliphatic rings. The van der Waals surface area contributed by atoms with E-state index in [2.05, 4.69) is 21.4 Å². The normalized spacial score (nSPS) is 10.3. The van der Waals surface area contributed by atoms with Gasteiger partial charge in [0.05, 0.1) is 12.2 Å². The van der Waals surface area contributed by atoms with Gasteiger partial charge in [0.2, 0.25) is 0 Å². The SMILES string of the molecule is C#CCN(Cc1ccc(C)cc1)C(=O)c1sccc1-n1cnnn1. The quantitative estimate of drug-likeness (QED) is 0.670. The fourth-order valence-corrected chi connectivity index (χ4v) is 3.13. The lowest BCUT2D eigenvalue weighted by Crippen LogP contribution is -2.31. The number of thiophene rings is 1. The third-order valence-corrected chi connectivity index (χ3v) is 4.39. The minimum atomic E-state index is -0.131. The molecule has 0 N–H and O–H groups in total. The minimum Gasteiger partial charge on any atom is -0.322 e. The van der Waals surface area contributed by atoms with Gasteiger partial charge in [0.1, 0.15) is 11.2 Å². The maximum absolute atomic E-state index is 12.9. The van der Waals surface area contributed by atoms with Gasteiger partial charge >= 0.3 is 0 Å². The topological polar surface area (TPSA) is 63.9 Å². The summed E-state index contributed by atoms with van der Waals surface area (Å²) in [6.07, 6.45) is 6.92. The van der Waals surface area contributed by atoms with Crippen molar-refractivity contribution in [1.29, 1.82) is 0 Å². The van der Waals surface area contributed by atoms with Gasteiger partial charge in [-0.2, -0.15) is 4.68 Å². The number of nitrogens with zero attached hydrogens (tertiary/aromatic N) is 5. The zero-order valence-corrected chi connectivity index (χ0v) is 13.9. The molecule has 2 heterocycles. The summed E-state index contributed by atoms with van der Waals surface area (Å²) >= 11 is 1.35. The second-order valence-corrected chi connectivity index (χ2v) is 6.16. The van der Waals surface area contributed by atoms with Gasteiger partial charge in [0, 0.05) is 6.54 Å². The monoisotopic (exact) mass is 337 g/mol. The zero-order chi connectivity index (χ0) is 16.9. The van der Waals surface area contributed by atoms with Crippen LogP contribution in [0.15, 0.2) is 42.0 Å². The Bertz CT molecular complexity index is 861. The van der Waals surface area contributed by atoms with Crippen LogP contribution in [0.5, 0.6) is 0 Å². The third kappa shape index (κ3) is 3.34. The van der Waals surface area contributed by atoms with Crippen molar-refractivity contribution in [2.45, 2.75) is 13.5 Å². The minimum absolute atomic E-state index is 0.131.